The summed E-state index contributed by atoms with van der Waals surface area (Å²) in [4.78, 5) is 21.1. The number of halogens is 1. The van der Waals surface area contributed by atoms with Crippen molar-refractivity contribution in [2.24, 2.45) is 0 Å². The van der Waals surface area contributed by atoms with E-state index in [1.807, 2.05) is 0 Å². The van der Waals surface area contributed by atoms with Crippen LogP contribution in [0, 0.1) is 10.1 Å². The molecule has 6 nitrogen and oxygen atoms in total. The molecule has 0 fully saturated rings. The number of hydrogen-bond donors (Lipinski definition) is 2. The first-order chi connectivity index (χ1) is 8.21. The normalized spacial score (nSPS) is 11.1. The maximum atomic E-state index is 10.9. The number of benzene rings is 1. The fraction of sp³-hybridized carbons (Fsp3) is 0.364. The van der Waals surface area contributed by atoms with Gasteiger partial charge in [0.2, 0.25) is 0 Å². The summed E-state index contributed by atoms with van der Waals surface area (Å²) < 4.78 is 0.682. The van der Waals surface area contributed by atoms with Crippen LogP contribution < -0.4 is 5.32 Å². The number of carboxylic acids is 1. The maximum Gasteiger partial charge on any atom is 0.305 e. The third kappa shape index (κ3) is 3.99. The van der Waals surface area contributed by atoms with Crippen molar-refractivity contribution in [3.8, 4) is 0 Å². The van der Waals surface area contributed by atoms with Crippen LogP contribution in [0.2, 0.25) is 0 Å². The molecule has 0 unspecified atom stereocenters. The zero-order valence-electron chi connectivity index (χ0n) is 9.94. The van der Waals surface area contributed by atoms with Gasteiger partial charge in [-0.15, -0.1) is 0 Å². The van der Waals surface area contributed by atoms with Crippen molar-refractivity contribution < 1.29 is 14.8 Å². The van der Waals surface area contributed by atoms with Crippen molar-refractivity contribution in [1.29, 1.82) is 0 Å². The quantitative estimate of drug-likeness (QED) is 0.643. The van der Waals surface area contributed by atoms with Gasteiger partial charge in [0.15, 0.2) is 0 Å². The van der Waals surface area contributed by atoms with Crippen LogP contribution in [0.5, 0.6) is 0 Å². The van der Waals surface area contributed by atoms with Crippen molar-refractivity contribution in [2.45, 2.75) is 25.8 Å². The average Bonchev–Trinajstić information content (AvgIpc) is 2.13. The molecule has 0 saturated heterocycles. The Labute approximate surface area is 112 Å². The van der Waals surface area contributed by atoms with Gasteiger partial charge in [-0.25, -0.2) is 0 Å². The van der Waals surface area contributed by atoms with Gasteiger partial charge in [0.1, 0.15) is 5.69 Å². The van der Waals surface area contributed by atoms with E-state index in [-0.39, 0.29) is 12.1 Å². The van der Waals surface area contributed by atoms with Gasteiger partial charge in [-0.1, -0.05) is 15.9 Å². The fourth-order valence-corrected chi connectivity index (χ4v) is 1.92. The van der Waals surface area contributed by atoms with Gasteiger partial charge < -0.3 is 10.4 Å². The minimum absolute atomic E-state index is 0.0864. The first-order valence-corrected chi connectivity index (χ1v) is 5.94. The van der Waals surface area contributed by atoms with Gasteiger partial charge in [-0.05, 0) is 26.0 Å². The molecule has 7 heteroatoms. The van der Waals surface area contributed by atoms with E-state index in [1.54, 1.807) is 26.0 Å². The highest BCUT2D eigenvalue weighted by Gasteiger charge is 2.25. The Morgan fingerprint density at radius 3 is 2.67 bits per heavy atom. The summed E-state index contributed by atoms with van der Waals surface area (Å²) in [6.07, 6.45) is -0.142. The molecule has 1 aromatic rings. The first kappa shape index (κ1) is 14.4. The molecule has 0 aromatic heterocycles. The van der Waals surface area contributed by atoms with E-state index in [9.17, 15) is 14.9 Å². The molecule has 2 N–H and O–H groups in total. The summed E-state index contributed by atoms with van der Waals surface area (Å²) in [7, 11) is 0. The van der Waals surface area contributed by atoms with Crippen LogP contribution in [0.15, 0.2) is 22.7 Å². The van der Waals surface area contributed by atoms with Crippen LogP contribution in [0.25, 0.3) is 0 Å². The lowest BCUT2D eigenvalue weighted by atomic mass is 10.00. The Morgan fingerprint density at radius 2 is 2.17 bits per heavy atom. The lowest BCUT2D eigenvalue weighted by Crippen LogP contribution is -2.33. The summed E-state index contributed by atoms with van der Waals surface area (Å²) in [5.41, 5.74) is -0.575. The Hall–Kier alpha value is -1.63. The van der Waals surface area contributed by atoms with Gasteiger partial charge in [-0.2, -0.15) is 0 Å². The van der Waals surface area contributed by atoms with Crippen LogP contribution in [-0.4, -0.2) is 21.5 Å². The largest absolute Gasteiger partial charge is 0.481 e. The minimum atomic E-state index is -0.967. The summed E-state index contributed by atoms with van der Waals surface area (Å²) in [5, 5.41) is 22.5. The van der Waals surface area contributed by atoms with Crippen molar-refractivity contribution >= 4 is 33.3 Å². The van der Waals surface area contributed by atoms with Gasteiger partial charge in [-0.3, -0.25) is 14.9 Å². The second-order valence-electron chi connectivity index (χ2n) is 4.50. The minimum Gasteiger partial charge on any atom is -0.481 e. The van der Waals surface area contributed by atoms with Gasteiger partial charge in [0.25, 0.3) is 5.69 Å². The lowest BCUT2D eigenvalue weighted by molar-refractivity contribution is -0.384. The highest BCUT2D eigenvalue weighted by atomic mass is 79.9. The van der Waals surface area contributed by atoms with Crippen molar-refractivity contribution in [1.82, 2.24) is 0 Å². The smallest absolute Gasteiger partial charge is 0.305 e. The Bertz CT molecular complexity index is 488. The van der Waals surface area contributed by atoms with Crippen molar-refractivity contribution in [2.75, 3.05) is 5.32 Å². The van der Waals surface area contributed by atoms with Crippen LogP contribution in [0.1, 0.15) is 20.3 Å². The van der Waals surface area contributed by atoms with Crippen LogP contribution in [0.3, 0.4) is 0 Å². The number of carboxylic acid groups (broad SMARTS) is 1. The molecule has 0 atom stereocenters. The second kappa shape index (κ2) is 5.34. The molecule has 0 aliphatic heterocycles. The van der Waals surface area contributed by atoms with E-state index in [1.165, 1.54) is 6.07 Å². The zero-order valence-corrected chi connectivity index (χ0v) is 11.5. The van der Waals surface area contributed by atoms with Gasteiger partial charge >= 0.3 is 5.97 Å². The Balaban J connectivity index is 3.05. The number of rotatable bonds is 5. The molecule has 0 heterocycles. The van der Waals surface area contributed by atoms with E-state index in [0.717, 1.165) is 0 Å². The van der Waals surface area contributed by atoms with E-state index in [0.29, 0.717) is 10.2 Å². The molecule has 1 rings (SSSR count). The Morgan fingerprint density at radius 1 is 1.56 bits per heavy atom. The number of nitro groups is 1. The van der Waals surface area contributed by atoms with E-state index < -0.39 is 16.4 Å². The molecular formula is C11H13BrN2O4. The van der Waals surface area contributed by atoms with E-state index >= 15 is 0 Å². The summed E-state index contributed by atoms with van der Waals surface area (Å²) in [6, 6.07) is 4.48. The molecule has 18 heavy (non-hydrogen) atoms. The van der Waals surface area contributed by atoms with E-state index in [4.69, 9.17) is 5.11 Å². The van der Waals surface area contributed by atoms with Crippen LogP contribution in [0.4, 0.5) is 11.4 Å². The molecule has 1 aromatic carbocycles. The SMILES string of the molecule is CC(C)(CC(=O)O)Nc1cc(Br)ccc1[N+](=O)[O-]. The number of carbonyl (C=O) groups is 1. The number of nitrogens with zero attached hydrogens (tertiary/aromatic N) is 1. The molecule has 0 bridgehead atoms. The molecule has 0 radical (unpaired) electrons. The fourth-order valence-electron chi connectivity index (χ4n) is 1.55. The highest BCUT2D eigenvalue weighted by molar-refractivity contribution is 9.10. The van der Waals surface area contributed by atoms with E-state index in [2.05, 4.69) is 21.2 Å². The first-order valence-electron chi connectivity index (χ1n) is 5.15. The molecule has 0 spiro atoms. The predicted molar refractivity (Wildman–Crippen MR) is 70.8 cm³/mol. The molecule has 98 valence electrons. The summed E-state index contributed by atoms with van der Waals surface area (Å²) in [5.74, 6) is -0.967. The topological polar surface area (TPSA) is 92.5 Å². The third-order valence-electron chi connectivity index (χ3n) is 2.22. The van der Waals surface area contributed by atoms with Gasteiger partial charge in [0.05, 0.1) is 11.3 Å². The average molecular weight is 317 g/mol. The monoisotopic (exact) mass is 316 g/mol. The molecule has 0 aliphatic rings. The van der Waals surface area contributed by atoms with Crippen molar-refractivity contribution in [3.63, 3.8) is 0 Å². The van der Waals surface area contributed by atoms with Crippen molar-refractivity contribution in [3.05, 3.63) is 32.8 Å². The standard InChI is InChI=1S/C11H13BrN2O4/c1-11(2,6-10(15)16)13-8-5-7(12)3-4-9(8)14(17)18/h3-5,13H,6H2,1-2H3,(H,15,16). The Kier molecular flexibility index (Phi) is 4.28. The maximum absolute atomic E-state index is 10.9. The number of hydrogen-bond acceptors (Lipinski definition) is 4. The zero-order chi connectivity index (χ0) is 13.9. The van der Waals surface area contributed by atoms with Gasteiger partial charge in [0, 0.05) is 16.1 Å². The summed E-state index contributed by atoms with van der Waals surface area (Å²) in [6.45, 7) is 3.34. The lowest BCUT2D eigenvalue weighted by Gasteiger charge is -2.25. The van der Waals surface area contributed by atoms with Crippen LogP contribution in [-0.2, 0) is 4.79 Å². The molecule has 0 saturated carbocycles. The number of nitro benzene ring substituents is 1. The number of anilines is 1. The summed E-state index contributed by atoms with van der Waals surface area (Å²) >= 11 is 3.22. The second-order valence-corrected chi connectivity index (χ2v) is 5.41. The van der Waals surface area contributed by atoms with Crippen LogP contribution >= 0.6 is 15.9 Å². The number of aliphatic carboxylic acids is 1. The highest BCUT2D eigenvalue weighted by Crippen LogP contribution is 2.30. The third-order valence-corrected chi connectivity index (χ3v) is 2.71. The molecule has 0 aliphatic carbocycles. The predicted octanol–water partition coefficient (Wildman–Crippen LogP) is 3.02. The molecule has 0 amide bonds. The molecular weight excluding hydrogens is 304 g/mol. The number of nitrogens with one attached hydrogen (secondary N) is 1.